The zero-order valence-electron chi connectivity index (χ0n) is 66.3. The van der Waals surface area contributed by atoms with E-state index in [4.69, 9.17) is 0 Å². The van der Waals surface area contributed by atoms with Crippen molar-refractivity contribution in [2.75, 3.05) is 0 Å². The van der Waals surface area contributed by atoms with Gasteiger partial charge in [-0.3, -0.25) is 9.97 Å². The van der Waals surface area contributed by atoms with Gasteiger partial charge >= 0.3 is 0 Å². The Bertz CT molecular complexity index is 7470. The standard InChI is InChI=1S/C31H26NS.C30H24NS.2C22H17N2S/c1-19-5-8-22(9-6-19)23-10-13-26-24(18-23)11-14-28-29(26)27-15-16-32(4)30(31(27)33-28)25-12-7-20(2)17-21(25)3;1-19-8-10-21(11-9-19)22-12-14-25-23(18-22)13-15-27-28(25)26-16-17-31(3)29(30(26)32-27)24-7-5-4-6-20(24)2;1-14-6-3-4-8-16(14)21-22-17(11-13-24(21)2)19-18(25-22)10-9-15-7-5-12-23-20(15)19;1-14-6-3-4-7-15(14)21-22-17(11-13-24(21)2)20-16-8-5-12-23-18(16)9-10-19(20)25-22/h5-18H,1-4H3;4-18H,1-3H3;2*3-13H,1-2H3/q4*+1. The van der Waals surface area contributed by atoms with Gasteiger partial charge in [-0.05, 0) is 193 Å². The van der Waals surface area contributed by atoms with Crippen LogP contribution in [-0.2, 0) is 28.2 Å². The van der Waals surface area contributed by atoms with Crippen LogP contribution in [0.4, 0.5) is 0 Å². The van der Waals surface area contributed by atoms with Gasteiger partial charge in [0.1, 0.15) is 47.0 Å². The van der Waals surface area contributed by atoms with Crippen molar-refractivity contribution in [3.8, 4) is 67.3 Å². The number of pyridine rings is 6. The van der Waals surface area contributed by atoms with E-state index in [1.165, 1.54) is 219 Å². The molecule has 0 aliphatic rings. The minimum absolute atomic E-state index is 1.06. The number of thiophene rings is 4. The summed E-state index contributed by atoms with van der Waals surface area (Å²) in [5, 5.41) is 18.3. The molecule has 115 heavy (non-hydrogen) atoms. The third-order valence-corrected chi connectivity index (χ3v) is 27.8. The van der Waals surface area contributed by atoms with Gasteiger partial charge in [0, 0.05) is 109 Å². The van der Waals surface area contributed by atoms with Crippen molar-refractivity contribution < 1.29 is 18.3 Å². The van der Waals surface area contributed by atoms with E-state index in [-0.39, 0.29) is 0 Å². The van der Waals surface area contributed by atoms with E-state index in [0.717, 1.165) is 11.0 Å². The third kappa shape index (κ3) is 13.0. The molecule has 10 aromatic heterocycles. The van der Waals surface area contributed by atoms with Crippen LogP contribution in [0.5, 0.6) is 0 Å². The lowest BCUT2D eigenvalue weighted by molar-refractivity contribution is -0.659. The molecule has 0 atom stereocenters. The predicted molar refractivity (Wildman–Crippen MR) is 493 cm³/mol. The molecule has 0 radical (unpaired) electrons. The normalized spacial score (nSPS) is 11.6. The quantitative estimate of drug-likeness (QED) is 0.156. The van der Waals surface area contributed by atoms with E-state index in [1.807, 2.05) is 69.9 Å². The van der Waals surface area contributed by atoms with Crippen LogP contribution in [0.3, 0.4) is 0 Å². The maximum atomic E-state index is 4.67. The summed E-state index contributed by atoms with van der Waals surface area (Å²) in [6.07, 6.45) is 12.5. The van der Waals surface area contributed by atoms with Crippen LogP contribution in [0.25, 0.3) is 191 Å². The number of rotatable bonds is 6. The monoisotopic (exact) mass is 1560 g/mol. The Balaban J connectivity index is 0.000000103. The first-order valence-corrected chi connectivity index (χ1v) is 42.5. The van der Waals surface area contributed by atoms with Gasteiger partial charge in [-0.25, -0.2) is 0 Å². The maximum absolute atomic E-state index is 4.67. The van der Waals surface area contributed by atoms with Crippen molar-refractivity contribution in [3.63, 3.8) is 0 Å². The highest BCUT2D eigenvalue weighted by molar-refractivity contribution is 7.27. The Morgan fingerprint density at radius 2 is 0.600 bits per heavy atom. The predicted octanol–water partition coefficient (Wildman–Crippen LogP) is 27.1. The van der Waals surface area contributed by atoms with Gasteiger partial charge in [-0.15, -0.1) is 45.3 Å². The van der Waals surface area contributed by atoms with Gasteiger partial charge in [0.15, 0.2) is 24.8 Å². The molecule has 0 aliphatic heterocycles. The summed E-state index contributed by atoms with van der Waals surface area (Å²) in [6, 6.07) is 99.3. The molecular weight excluding hydrogens is 1470 g/mol. The number of hydrogen-bond donors (Lipinski definition) is 0. The lowest BCUT2D eigenvalue weighted by Gasteiger charge is -2.07. The second kappa shape index (κ2) is 29.8. The second-order valence-corrected chi connectivity index (χ2v) is 35.0. The summed E-state index contributed by atoms with van der Waals surface area (Å²) in [6.45, 7) is 15.2. The van der Waals surface area contributed by atoms with Crippen molar-refractivity contribution >= 4 is 169 Å². The molecule has 6 nitrogen and oxygen atoms in total. The summed E-state index contributed by atoms with van der Waals surface area (Å²) in [5.74, 6) is 0. The number of hydrogen-bond acceptors (Lipinski definition) is 6. The summed E-state index contributed by atoms with van der Waals surface area (Å²) >= 11 is 7.54. The second-order valence-electron chi connectivity index (χ2n) is 30.7. The largest absolute Gasteiger partial charge is 0.256 e. The van der Waals surface area contributed by atoms with Gasteiger partial charge in [0.25, 0.3) is 0 Å². The number of benzene rings is 12. The molecular formula is C105H84N6S4+4. The Labute approximate surface area is 685 Å². The molecule has 0 amide bonds. The molecule has 0 saturated carbocycles. The van der Waals surface area contributed by atoms with E-state index in [9.17, 15) is 0 Å². The summed E-state index contributed by atoms with van der Waals surface area (Å²) in [5.41, 5.74) is 26.7. The molecule has 554 valence electrons. The van der Waals surface area contributed by atoms with Crippen molar-refractivity contribution in [2.45, 2.75) is 48.5 Å². The fraction of sp³-hybridized carbons (Fsp3) is 0.105. The number of aryl methyl sites for hydroxylation is 11. The molecule has 22 rings (SSSR count). The van der Waals surface area contributed by atoms with Gasteiger partial charge in [-0.2, -0.15) is 18.3 Å². The SMILES string of the molecule is Cc1ccc(-c2ccc3c(ccc4sc5c(-c6ccc(C)cc6C)[n+](C)ccc5c43)c2)cc1.Cc1ccc(-c2ccc3c(ccc4sc5c(-c6ccccc6C)[n+](C)ccc5c43)c2)cc1.Cc1ccccc1-c1c2sc3ccc4cccnc4c3c2cc[n+]1C.Cc1ccccc1-c1c2sc3ccc4ncccc4c3c2cc[n+]1C. The highest BCUT2D eigenvalue weighted by atomic mass is 32.1. The van der Waals surface area contributed by atoms with Crippen LogP contribution in [0.15, 0.2) is 310 Å². The van der Waals surface area contributed by atoms with E-state index < -0.39 is 0 Å². The number of nitrogens with zero attached hydrogens (tertiary/aromatic N) is 6. The van der Waals surface area contributed by atoms with Crippen LogP contribution >= 0.6 is 45.3 Å². The molecule has 0 unspecified atom stereocenters. The molecule has 0 spiro atoms. The lowest BCUT2D eigenvalue weighted by atomic mass is 9.97. The molecule has 0 saturated heterocycles. The number of fused-ring (bicyclic) bond motifs is 20. The minimum atomic E-state index is 1.06. The zero-order chi connectivity index (χ0) is 78.4. The van der Waals surface area contributed by atoms with Gasteiger partial charge < -0.3 is 0 Å². The smallest absolute Gasteiger partial charge is 0.230 e. The highest BCUT2D eigenvalue weighted by Gasteiger charge is 2.27. The third-order valence-electron chi connectivity index (χ3n) is 23.1. The minimum Gasteiger partial charge on any atom is -0.256 e. The summed E-state index contributed by atoms with van der Waals surface area (Å²) < 4.78 is 19.7. The molecule has 0 fully saturated rings. The molecule has 10 heterocycles. The fourth-order valence-electron chi connectivity index (χ4n) is 17.1. The average Bonchev–Trinajstić information content (AvgIpc) is 1.61. The lowest BCUT2D eigenvalue weighted by Crippen LogP contribution is -2.30. The highest BCUT2D eigenvalue weighted by Crippen LogP contribution is 2.48. The molecule has 12 aromatic carbocycles. The van der Waals surface area contributed by atoms with Crippen LogP contribution in [0.2, 0.25) is 0 Å². The number of aromatic nitrogens is 6. The molecule has 0 bridgehead atoms. The first kappa shape index (κ1) is 72.7. The van der Waals surface area contributed by atoms with Crippen LogP contribution < -0.4 is 18.3 Å². The summed E-state index contributed by atoms with van der Waals surface area (Å²) in [4.78, 5) is 9.20. The maximum Gasteiger partial charge on any atom is 0.230 e. The Kier molecular flexibility index (Phi) is 18.8. The van der Waals surface area contributed by atoms with Crippen LogP contribution in [-0.4, -0.2) is 9.97 Å². The first-order chi connectivity index (χ1) is 56.1. The molecule has 22 aromatic rings. The van der Waals surface area contributed by atoms with Crippen molar-refractivity contribution in [1.29, 1.82) is 0 Å². The Morgan fingerprint density at radius 3 is 1.03 bits per heavy atom. The van der Waals surface area contributed by atoms with Gasteiger partial charge in [0.2, 0.25) is 22.8 Å². The van der Waals surface area contributed by atoms with Crippen LogP contribution in [0, 0.1) is 48.5 Å². The van der Waals surface area contributed by atoms with Crippen LogP contribution in [0.1, 0.15) is 38.9 Å². The molecule has 10 heteroatoms. The van der Waals surface area contributed by atoms with Gasteiger partial charge in [-0.1, -0.05) is 187 Å². The zero-order valence-corrected chi connectivity index (χ0v) is 69.5. The average molecular weight is 1560 g/mol. The fourth-order valence-corrected chi connectivity index (χ4v) is 22.4. The first-order valence-electron chi connectivity index (χ1n) is 39.2. The van der Waals surface area contributed by atoms with Crippen molar-refractivity contribution in [3.05, 3.63) is 349 Å². The van der Waals surface area contributed by atoms with E-state index in [0.29, 0.717) is 0 Å². The molecule has 0 aliphatic carbocycles. The molecule has 0 N–H and O–H groups in total. The van der Waals surface area contributed by atoms with E-state index in [2.05, 4.69) is 391 Å². The van der Waals surface area contributed by atoms with Crippen molar-refractivity contribution in [1.82, 2.24) is 9.97 Å². The van der Waals surface area contributed by atoms with Crippen molar-refractivity contribution in [2.24, 2.45) is 28.2 Å². The van der Waals surface area contributed by atoms with E-state index >= 15 is 0 Å². The van der Waals surface area contributed by atoms with Gasteiger partial charge in [0.05, 0.1) is 33.3 Å². The van der Waals surface area contributed by atoms with E-state index in [1.54, 1.807) is 0 Å². The summed E-state index contributed by atoms with van der Waals surface area (Å²) in [7, 11) is 8.56. The Morgan fingerprint density at radius 1 is 0.243 bits per heavy atom. The topological polar surface area (TPSA) is 41.3 Å². The Hall–Kier alpha value is -12.5.